The first kappa shape index (κ1) is 18.3. The van der Waals surface area contributed by atoms with Crippen molar-refractivity contribution in [2.45, 2.75) is 24.2 Å². The Balaban J connectivity index is 1.86. The molecule has 0 radical (unpaired) electrons. The molecule has 5 nitrogen and oxygen atoms in total. The number of hydrogen-bond acceptors (Lipinski definition) is 6. The van der Waals surface area contributed by atoms with Gasteiger partial charge >= 0.3 is 0 Å². The number of hydrogen-bond donors (Lipinski definition) is 2. The van der Waals surface area contributed by atoms with Gasteiger partial charge < -0.3 is 10.6 Å². The maximum Gasteiger partial charge on any atom is 0.230 e. The molecule has 1 aromatic carbocycles. The molecule has 0 aliphatic rings. The van der Waals surface area contributed by atoms with Crippen molar-refractivity contribution < 1.29 is 4.79 Å². The average Bonchev–Trinajstić information content (AvgIpc) is 2.93. The molecule has 0 saturated carbocycles. The highest BCUT2D eigenvalue weighted by atomic mass is 35.5. The third-order valence-corrected chi connectivity index (χ3v) is 5.44. The summed E-state index contributed by atoms with van der Waals surface area (Å²) < 4.78 is 0.758. The van der Waals surface area contributed by atoms with E-state index in [9.17, 15) is 4.79 Å². The van der Waals surface area contributed by atoms with Crippen molar-refractivity contribution in [3.05, 3.63) is 33.8 Å². The van der Waals surface area contributed by atoms with Crippen LogP contribution in [0.15, 0.2) is 22.5 Å². The van der Waals surface area contributed by atoms with Crippen LogP contribution in [0, 0.1) is 0 Å². The second-order valence-electron chi connectivity index (χ2n) is 4.65. The van der Waals surface area contributed by atoms with Crippen LogP contribution < -0.4 is 10.6 Å². The Kier molecular flexibility index (Phi) is 6.95. The standard InChI is InChI=1S/C14H16Cl2N4OS2/c1-3-17-13-19-20-14(23-13)22-7-12(21)18-8(2)10-5-4-9(15)6-11(10)16/h4-6,8H,3,7H2,1-2H3,(H,17,19)(H,18,21)/t8-/m1/s1. The predicted octanol–water partition coefficient (Wildman–Crippen LogP) is 4.25. The summed E-state index contributed by atoms with van der Waals surface area (Å²) in [5.41, 5.74) is 0.833. The molecule has 124 valence electrons. The van der Waals surface area contributed by atoms with Gasteiger partial charge in [-0.1, -0.05) is 52.4 Å². The maximum atomic E-state index is 12.1. The number of halogens is 2. The molecule has 0 aliphatic carbocycles. The molecule has 23 heavy (non-hydrogen) atoms. The Morgan fingerprint density at radius 1 is 1.39 bits per heavy atom. The minimum Gasteiger partial charge on any atom is -0.360 e. The quantitative estimate of drug-likeness (QED) is 0.691. The van der Waals surface area contributed by atoms with E-state index in [1.807, 2.05) is 19.9 Å². The van der Waals surface area contributed by atoms with Crippen LogP contribution in [0.2, 0.25) is 10.0 Å². The van der Waals surface area contributed by atoms with Gasteiger partial charge in [-0.3, -0.25) is 4.79 Å². The number of carbonyl (C=O) groups excluding carboxylic acids is 1. The lowest BCUT2D eigenvalue weighted by Crippen LogP contribution is -2.28. The molecule has 0 bridgehead atoms. The summed E-state index contributed by atoms with van der Waals surface area (Å²) in [5.74, 6) is 0.185. The highest BCUT2D eigenvalue weighted by Crippen LogP contribution is 2.27. The lowest BCUT2D eigenvalue weighted by Gasteiger charge is -2.15. The smallest absolute Gasteiger partial charge is 0.230 e. The second kappa shape index (κ2) is 8.73. The summed E-state index contributed by atoms with van der Waals surface area (Å²) in [6.07, 6.45) is 0. The molecule has 0 unspecified atom stereocenters. The fourth-order valence-corrected chi connectivity index (χ4v) is 4.03. The number of rotatable bonds is 7. The van der Waals surface area contributed by atoms with Gasteiger partial charge in [0.05, 0.1) is 11.8 Å². The summed E-state index contributed by atoms with van der Waals surface area (Å²) in [6.45, 7) is 4.66. The maximum absolute atomic E-state index is 12.1. The van der Waals surface area contributed by atoms with Crippen LogP contribution in [0.5, 0.6) is 0 Å². The van der Waals surface area contributed by atoms with E-state index in [0.717, 1.165) is 21.6 Å². The summed E-state index contributed by atoms with van der Waals surface area (Å²) in [4.78, 5) is 12.1. The van der Waals surface area contributed by atoms with E-state index in [0.29, 0.717) is 10.0 Å². The molecule has 1 aromatic heterocycles. The zero-order chi connectivity index (χ0) is 16.8. The van der Waals surface area contributed by atoms with Crippen LogP contribution in [0.1, 0.15) is 25.5 Å². The molecule has 1 atom stereocenters. The monoisotopic (exact) mass is 390 g/mol. The molecule has 2 aromatic rings. The molecule has 0 fully saturated rings. The van der Waals surface area contributed by atoms with Gasteiger partial charge in [0.15, 0.2) is 4.34 Å². The first-order valence-corrected chi connectivity index (χ1v) is 9.50. The average molecular weight is 391 g/mol. The van der Waals surface area contributed by atoms with Crippen LogP contribution in [0.25, 0.3) is 0 Å². The topological polar surface area (TPSA) is 66.9 Å². The second-order valence-corrected chi connectivity index (χ2v) is 7.69. The summed E-state index contributed by atoms with van der Waals surface area (Å²) in [5, 5.41) is 15.9. The van der Waals surface area contributed by atoms with Crippen molar-refractivity contribution in [3.63, 3.8) is 0 Å². The van der Waals surface area contributed by atoms with Crippen LogP contribution in [-0.2, 0) is 4.79 Å². The fraction of sp³-hybridized carbons (Fsp3) is 0.357. The Morgan fingerprint density at radius 2 is 2.17 bits per heavy atom. The van der Waals surface area contributed by atoms with Gasteiger partial charge in [-0.25, -0.2) is 0 Å². The van der Waals surface area contributed by atoms with Crippen LogP contribution in [0.4, 0.5) is 5.13 Å². The molecule has 1 heterocycles. The number of benzene rings is 1. The molecule has 2 rings (SSSR count). The van der Waals surface area contributed by atoms with E-state index >= 15 is 0 Å². The van der Waals surface area contributed by atoms with E-state index < -0.39 is 0 Å². The van der Waals surface area contributed by atoms with Gasteiger partial charge in [-0.15, -0.1) is 10.2 Å². The Hall–Kier alpha value is -1.02. The molecular weight excluding hydrogens is 375 g/mol. The normalized spacial score (nSPS) is 12.0. The molecule has 9 heteroatoms. The lowest BCUT2D eigenvalue weighted by atomic mass is 10.1. The SMILES string of the molecule is CCNc1nnc(SCC(=O)N[C@H](C)c2ccc(Cl)cc2Cl)s1. The van der Waals surface area contributed by atoms with Gasteiger partial charge in [0.25, 0.3) is 0 Å². The largest absolute Gasteiger partial charge is 0.360 e. The van der Waals surface area contributed by atoms with Crippen molar-refractivity contribution in [2.75, 3.05) is 17.6 Å². The number of nitrogens with zero attached hydrogens (tertiary/aromatic N) is 2. The van der Waals surface area contributed by atoms with E-state index in [1.165, 1.54) is 23.1 Å². The number of nitrogens with one attached hydrogen (secondary N) is 2. The van der Waals surface area contributed by atoms with E-state index in [2.05, 4.69) is 20.8 Å². The van der Waals surface area contributed by atoms with Gasteiger partial charge in [-0.05, 0) is 31.5 Å². The van der Waals surface area contributed by atoms with Crippen molar-refractivity contribution in [3.8, 4) is 0 Å². The Bertz CT molecular complexity index is 681. The highest BCUT2D eigenvalue weighted by Gasteiger charge is 2.14. The van der Waals surface area contributed by atoms with Crippen LogP contribution in [0.3, 0.4) is 0 Å². The predicted molar refractivity (Wildman–Crippen MR) is 97.8 cm³/mol. The first-order chi connectivity index (χ1) is 11.0. The Labute approximate surface area is 153 Å². The number of amides is 1. The minimum atomic E-state index is -0.195. The van der Waals surface area contributed by atoms with Crippen LogP contribution >= 0.6 is 46.3 Å². The van der Waals surface area contributed by atoms with Crippen LogP contribution in [-0.4, -0.2) is 28.4 Å². The molecule has 2 N–H and O–H groups in total. The van der Waals surface area contributed by atoms with Crippen molar-refractivity contribution >= 4 is 57.3 Å². The number of thioether (sulfide) groups is 1. The zero-order valence-electron chi connectivity index (χ0n) is 12.6. The third kappa shape index (κ3) is 5.53. The van der Waals surface area contributed by atoms with Gasteiger partial charge in [-0.2, -0.15) is 0 Å². The highest BCUT2D eigenvalue weighted by molar-refractivity contribution is 8.01. The van der Waals surface area contributed by atoms with E-state index in [-0.39, 0.29) is 17.7 Å². The minimum absolute atomic E-state index is 0.0892. The van der Waals surface area contributed by atoms with Crippen molar-refractivity contribution in [1.82, 2.24) is 15.5 Å². The van der Waals surface area contributed by atoms with Gasteiger partial charge in [0.2, 0.25) is 11.0 Å². The van der Waals surface area contributed by atoms with Crippen molar-refractivity contribution in [1.29, 1.82) is 0 Å². The summed E-state index contributed by atoms with van der Waals surface area (Å²) >= 11 is 14.8. The molecular formula is C14H16Cl2N4OS2. The van der Waals surface area contributed by atoms with Gasteiger partial charge in [0.1, 0.15) is 0 Å². The molecule has 0 spiro atoms. The number of aromatic nitrogens is 2. The first-order valence-electron chi connectivity index (χ1n) is 6.94. The third-order valence-electron chi connectivity index (χ3n) is 2.87. The lowest BCUT2D eigenvalue weighted by molar-refractivity contribution is -0.119. The molecule has 0 saturated heterocycles. The van der Waals surface area contributed by atoms with Gasteiger partial charge in [0, 0.05) is 16.6 Å². The number of carbonyl (C=O) groups is 1. The molecule has 0 aliphatic heterocycles. The van der Waals surface area contributed by atoms with Crippen molar-refractivity contribution in [2.24, 2.45) is 0 Å². The summed E-state index contributed by atoms with van der Waals surface area (Å²) in [6, 6.07) is 5.04. The Morgan fingerprint density at radius 3 is 2.87 bits per heavy atom. The number of anilines is 1. The van der Waals surface area contributed by atoms with E-state index in [1.54, 1.807) is 12.1 Å². The molecule has 1 amide bonds. The fourth-order valence-electron chi connectivity index (χ4n) is 1.83. The summed E-state index contributed by atoms with van der Waals surface area (Å²) in [7, 11) is 0. The van der Waals surface area contributed by atoms with E-state index in [4.69, 9.17) is 23.2 Å². The zero-order valence-corrected chi connectivity index (χ0v) is 15.7.